The normalized spacial score (nSPS) is 25.6. The molecule has 1 aromatic carbocycles. The molecule has 0 amide bonds. The van der Waals surface area contributed by atoms with E-state index in [1.54, 1.807) is 18.3 Å². The van der Waals surface area contributed by atoms with Crippen LogP contribution in [0.2, 0.25) is 5.02 Å². The van der Waals surface area contributed by atoms with Crippen molar-refractivity contribution in [1.29, 1.82) is 0 Å². The molecule has 1 aliphatic heterocycles. The molecule has 1 fully saturated rings. The fourth-order valence-electron chi connectivity index (χ4n) is 5.34. The number of nitrogens with zero attached hydrogens (tertiary/aromatic N) is 2. The average Bonchev–Trinajstić information content (AvgIpc) is 3.27. The number of carboxylic acids is 1. The number of hydrogen-bond donors (Lipinski definition) is 2. The molecule has 1 saturated carbocycles. The zero-order valence-corrected chi connectivity index (χ0v) is 20.7. The van der Waals surface area contributed by atoms with Gasteiger partial charge in [-0.25, -0.2) is 8.78 Å². The molecule has 2 heterocycles. The zero-order valence-electron chi connectivity index (χ0n) is 19.9. The number of aliphatic carboxylic acids is 1. The molecule has 2 atom stereocenters. The molecular formula is C28H28ClF2N3O2. The molecular weight excluding hydrogens is 484 g/mol. The van der Waals surface area contributed by atoms with Crippen LogP contribution in [0.25, 0.3) is 11.3 Å². The maximum Gasteiger partial charge on any atom is 0.303 e. The van der Waals surface area contributed by atoms with Gasteiger partial charge in [-0.1, -0.05) is 54.1 Å². The molecule has 36 heavy (non-hydrogen) atoms. The summed E-state index contributed by atoms with van der Waals surface area (Å²) in [5.74, 6) is -2.33. The minimum absolute atomic E-state index is 0.0241. The number of nitrogens with one attached hydrogen (secondary N) is 1. The highest BCUT2D eigenvalue weighted by Gasteiger charge is 2.34. The van der Waals surface area contributed by atoms with Crippen molar-refractivity contribution in [1.82, 2.24) is 10.3 Å². The molecule has 1 aromatic heterocycles. The first-order chi connectivity index (χ1) is 17.2. The first kappa shape index (κ1) is 24.6. The Labute approximate surface area is 214 Å². The maximum absolute atomic E-state index is 13.7. The minimum Gasteiger partial charge on any atom is -0.481 e. The molecule has 0 spiro atoms. The van der Waals surface area contributed by atoms with E-state index in [2.05, 4.69) is 27.4 Å². The Kier molecular flexibility index (Phi) is 6.68. The van der Waals surface area contributed by atoms with Gasteiger partial charge < -0.3 is 10.4 Å². The summed E-state index contributed by atoms with van der Waals surface area (Å²) in [7, 11) is 0. The van der Waals surface area contributed by atoms with Gasteiger partial charge in [0.15, 0.2) is 0 Å². The van der Waals surface area contributed by atoms with E-state index in [9.17, 15) is 13.6 Å². The number of aliphatic imine (C=N–C) groups is 1. The van der Waals surface area contributed by atoms with Crippen molar-refractivity contribution in [2.24, 2.45) is 10.9 Å². The summed E-state index contributed by atoms with van der Waals surface area (Å²) in [4.78, 5) is 20.2. The number of pyridine rings is 1. The van der Waals surface area contributed by atoms with Crippen LogP contribution in [0.3, 0.4) is 0 Å². The summed E-state index contributed by atoms with van der Waals surface area (Å²) in [6.07, 6.45) is 10.5. The van der Waals surface area contributed by atoms with Crippen LogP contribution in [-0.2, 0) is 4.79 Å². The Hall–Kier alpha value is -3.06. The summed E-state index contributed by atoms with van der Waals surface area (Å²) >= 11 is 6.60. The van der Waals surface area contributed by atoms with Gasteiger partial charge in [-0.15, -0.1) is 0 Å². The number of fused-ring (bicyclic) bond motifs is 1. The molecule has 2 unspecified atom stereocenters. The highest BCUT2D eigenvalue weighted by atomic mass is 35.5. The van der Waals surface area contributed by atoms with Crippen LogP contribution in [0.4, 0.5) is 8.78 Å². The van der Waals surface area contributed by atoms with Crippen molar-refractivity contribution < 1.29 is 18.7 Å². The van der Waals surface area contributed by atoms with Crippen molar-refractivity contribution in [2.45, 2.75) is 63.0 Å². The summed E-state index contributed by atoms with van der Waals surface area (Å²) in [6, 6.07) is 9.52. The highest BCUT2D eigenvalue weighted by molar-refractivity contribution is 6.34. The number of halogens is 3. The van der Waals surface area contributed by atoms with Crippen molar-refractivity contribution >= 4 is 23.4 Å². The topological polar surface area (TPSA) is 74.6 Å². The van der Waals surface area contributed by atoms with Gasteiger partial charge >= 0.3 is 5.97 Å². The van der Waals surface area contributed by atoms with Crippen LogP contribution in [0, 0.1) is 5.92 Å². The third kappa shape index (κ3) is 5.21. The van der Waals surface area contributed by atoms with Gasteiger partial charge in [-0.3, -0.25) is 14.8 Å². The lowest BCUT2D eigenvalue weighted by atomic mass is 9.77. The van der Waals surface area contributed by atoms with Gasteiger partial charge in [0.05, 0.1) is 28.4 Å². The first-order valence-corrected chi connectivity index (χ1v) is 12.7. The molecule has 5 nitrogen and oxygen atoms in total. The molecule has 5 rings (SSSR count). The lowest BCUT2D eigenvalue weighted by Crippen LogP contribution is -2.35. The number of benzene rings is 1. The second-order valence-electron chi connectivity index (χ2n) is 9.99. The van der Waals surface area contributed by atoms with Crippen molar-refractivity contribution in [3.63, 3.8) is 0 Å². The standard InChI is InChI=1S/C28H28ClF2N3O2/c1-28(30,31)20-10-11-23-25(13-20)34-27(33-23)21-15-32-24(14-22(21)29)19-8-6-18(7-9-19)17-4-2-16(3-5-17)12-26(35)36/h6-11,13-17,23,25H,2-5,12H2,1H3,(H,33,34)(H,35,36). The van der Waals surface area contributed by atoms with Crippen molar-refractivity contribution in [3.05, 3.63) is 76.5 Å². The number of aromatic nitrogens is 1. The van der Waals surface area contributed by atoms with Gasteiger partial charge in [0.25, 0.3) is 5.92 Å². The van der Waals surface area contributed by atoms with Crippen LogP contribution in [-0.4, -0.2) is 39.9 Å². The van der Waals surface area contributed by atoms with Crippen LogP contribution in [0.1, 0.15) is 56.1 Å². The maximum atomic E-state index is 13.7. The first-order valence-electron chi connectivity index (χ1n) is 12.3. The number of carbonyl (C=O) groups is 1. The number of carboxylic acid groups (broad SMARTS) is 1. The van der Waals surface area contributed by atoms with Crippen molar-refractivity contribution in [2.75, 3.05) is 0 Å². The number of rotatable bonds is 6. The van der Waals surface area contributed by atoms with Crippen LogP contribution >= 0.6 is 11.6 Å². The summed E-state index contributed by atoms with van der Waals surface area (Å²) in [5, 5.41) is 12.7. The van der Waals surface area contributed by atoms with Crippen LogP contribution < -0.4 is 5.32 Å². The molecule has 3 aliphatic rings. The van der Waals surface area contributed by atoms with Crippen LogP contribution in [0.15, 0.2) is 65.3 Å². The molecule has 0 saturated heterocycles. The van der Waals surface area contributed by atoms with Gasteiger partial charge in [-0.05, 0) is 49.1 Å². The zero-order chi connectivity index (χ0) is 25.4. The molecule has 2 aliphatic carbocycles. The van der Waals surface area contributed by atoms with Crippen LogP contribution in [0.5, 0.6) is 0 Å². The molecule has 2 aromatic rings. The fraction of sp³-hybridized carbons (Fsp3) is 0.393. The van der Waals surface area contributed by atoms with E-state index >= 15 is 0 Å². The number of alkyl halides is 2. The van der Waals surface area contributed by atoms with Gasteiger partial charge in [0, 0.05) is 30.7 Å². The summed E-state index contributed by atoms with van der Waals surface area (Å²) < 4.78 is 27.4. The van der Waals surface area contributed by atoms with Gasteiger partial charge in [0.2, 0.25) is 0 Å². The van der Waals surface area contributed by atoms with E-state index in [4.69, 9.17) is 16.7 Å². The Balaban J connectivity index is 1.26. The Morgan fingerprint density at radius 2 is 1.92 bits per heavy atom. The quantitative estimate of drug-likeness (QED) is 0.471. The summed E-state index contributed by atoms with van der Waals surface area (Å²) in [6.45, 7) is 0.888. The Morgan fingerprint density at radius 1 is 1.19 bits per heavy atom. The molecule has 8 heteroatoms. The second-order valence-corrected chi connectivity index (χ2v) is 10.4. The lowest BCUT2D eigenvalue weighted by Gasteiger charge is -2.28. The highest BCUT2D eigenvalue weighted by Crippen LogP contribution is 2.38. The molecule has 188 valence electrons. The minimum atomic E-state index is -2.90. The van der Waals surface area contributed by atoms with E-state index in [1.807, 2.05) is 12.1 Å². The van der Waals surface area contributed by atoms with E-state index in [-0.39, 0.29) is 30.0 Å². The fourth-order valence-corrected chi connectivity index (χ4v) is 5.58. The van der Waals surface area contributed by atoms with Gasteiger partial charge in [0.1, 0.15) is 5.84 Å². The molecule has 2 N–H and O–H groups in total. The smallest absolute Gasteiger partial charge is 0.303 e. The van der Waals surface area contributed by atoms with E-state index in [0.717, 1.165) is 43.9 Å². The number of allylic oxidation sites excluding steroid dienone is 2. The SMILES string of the molecule is CC(F)(F)C1=CC2NC(c3cnc(-c4ccc(C5CCC(CC(=O)O)CC5)cc4)cc3Cl)=NC2C=C1. The predicted octanol–water partition coefficient (Wildman–Crippen LogP) is 6.39. The monoisotopic (exact) mass is 511 g/mol. The van der Waals surface area contributed by atoms with E-state index in [0.29, 0.717) is 22.3 Å². The van der Waals surface area contributed by atoms with Gasteiger partial charge in [-0.2, -0.15) is 0 Å². The average molecular weight is 512 g/mol. The van der Waals surface area contributed by atoms with E-state index in [1.165, 1.54) is 17.7 Å². The van der Waals surface area contributed by atoms with Crippen molar-refractivity contribution in [3.8, 4) is 11.3 Å². The largest absolute Gasteiger partial charge is 0.481 e. The summed E-state index contributed by atoms with van der Waals surface area (Å²) in [5.41, 5.74) is 3.56. The molecule has 0 bridgehead atoms. The third-order valence-corrected chi connectivity index (χ3v) is 7.70. The Bertz CT molecular complexity index is 1240. The lowest BCUT2D eigenvalue weighted by molar-refractivity contribution is -0.138. The van der Waals surface area contributed by atoms with E-state index < -0.39 is 11.9 Å². The molecule has 0 radical (unpaired) electrons. The number of hydrogen-bond acceptors (Lipinski definition) is 4. The number of amidine groups is 1. The third-order valence-electron chi connectivity index (χ3n) is 7.38. The Morgan fingerprint density at radius 3 is 2.56 bits per heavy atom. The predicted molar refractivity (Wildman–Crippen MR) is 137 cm³/mol. The second kappa shape index (κ2) is 9.77.